The summed E-state index contributed by atoms with van der Waals surface area (Å²) in [5.41, 5.74) is 0. The van der Waals surface area contributed by atoms with Crippen LogP contribution >= 0.6 is 11.8 Å². The number of hydrogen-bond acceptors (Lipinski definition) is 2. The first-order chi connectivity index (χ1) is 8.60. The largest absolute Gasteiger partial charge is 0.343 e. The second kappa shape index (κ2) is 7.35. The number of halogens is 7. The molecule has 0 N–H and O–H groups in total. The van der Waals surface area contributed by atoms with Crippen molar-refractivity contribution in [1.82, 2.24) is 0 Å². The van der Waals surface area contributed by atoms with Gasteiger partial charge < -0.3 is 0 Å². The molecule has 0 saturated carbocycles. The molecule has 0 radical (unpaired) electrons. The van der Waals surface area contributed by atoms with E-state index in [0.717, 1.165) is 0 Å². The minimum absolute atomic E-state index is 0.0345. The van der Waals surface area contributed by atoms with Crippen LogP contribution in [0.15, 0.2) is 0 Å². The van der Waals surface area contributed by atoms with Gasteiger partial charge in [-0.2, -0.15) is 17.6 Å². The van der Waals surface area contributed by atoms with Crippen LogP contribution in [0, 0.1) is 0 Å². The Morgan fingerprint density at radius 3 is 2.16 bits per heavy atom. The van der Waals surface area contributed by atoms with Crippen LogP contribution in [0.1, 0.15) is 19.8 Å². The Kier molecular flexibility index (Phi) is 7.17. The van der Waals surface area contributed by atoms with Crippen LogP contribution in [-0.4, -0.2) is 41.7 Å². The standard InChI is InChI=1S/C10H13F7OS/c1-2-7(18)19-4-3-9(14,15)10(16,17)8(13)6(12)5-11/h6,8H,2-5H2,1H3. The fourth-order valence-electron chi connectivity index (χ4n) is 1.07. The number of carbonyl (C=O) groups excluding carboxylic acids is 1. The summed E-state index contributed by atoms with van der Waals surface area (Å²) in [6.07, 6.45) is -8.71. The molecular formula is C10H13F7OS. The summed E-state index contributed by atoms with van der Waals surface area (Å²) in [5.74, 6) is -10.8. The van der Waals surface area contributed by atoms with Crippen molar-refractivity contribution in [3.63, 3.8) is 0 Å². The van der Waals surface area contributed by atoms with Crippen LogP contribution in [0.2, 0.25) is 0 Å². The van der Waals surface area contributed by atoms with Gasteiger partial charge >= 0.3 is 11.8 Å². The van der Waals surface area contributed by atoms with E-state index >= 15 is 0 Å². The number of hydrogen-bond donors (Lipinski definition) is 0. The maximum absolute atomic E-state index is 13.1. The molecule has 9 heteroatoms. The van der Waals surface area contributed by atoms with Crippen LogP contribution in [0.25, 0.3) is 0 Å². The van der Waals surface area contributed by atoms with E-state index in [0.29, 0.717) is 11.8 Å². The van der Waals surface area contributed by atoms with Crippen LogP contribution in [0.5, 0.6) is 0 Å². The summed E-state index contributed by atoms with van der Waals surface area (Å²) in [6.45, 7) is -0.662. The van der Waals surface area contributed by atoms with Gasteiger partial charge in [0.15, 0.2) is 11.3 Å². The Morgan fingerprint density at radius 1 is 1.21 bits per heavy atom. The molecule has 114 valence electrons. The number of carbonyl (C=O) groups is 1. The van der Waals surface area contributed by atoms with Crippen molar-refractivity contribution in [3.05, 3.63) is 0 Å². The summed E-state index contributed by atoms with van der Waals surface area (Å²) in [7, 11) is 0. The van der Waals surface area contributed by atoms with Crippen LogP contribution < -0.4 is 0 Å². The number of rotatable bonds is 8. The zero-order valence-electron chi connectivity index (χ0n) is 9.95. The zero-order chi connectivity index (χ0) is 15.3. The SMILES string of the molecule is CCC(=O)SCCC(F)(F)C(F)(F)C(F)C(F)CF. The first kappa shape index (κ1) is 18.5. The summed E-state index contributed by atoms with van der Waals surface area (Å²) in [4.78, 5) is 10.8. The third kappa shape index (κ3) is 4.85. The third-order valence-electron chi connectivity index (χ3n) is 2.27. The van der Waals surface area contributed by atoms with Gasteiger partial charge in [0.25, 0.3) is 0 Å². The molecule has 0 fully saturated rings. The lowest BCUT2D eigenvalue weighted by molar-refractivity contribution is -0.249. The van der Waals surface area contributed by atoms with Crippen LogP contribution in [0.4, 0.5) is 30.7 Å². The zero-order valence-corrected chi connectivity index (χ0v) is 10.8. The van der Waals surface area contributed by atoms with Crippen molar-refractivity contribution in [2.24, 2.45) is 0 Å². The summed E-state index contributed by atoms with van der Waals surface area (Å²) < 4.78 is 89.2. The molecule has 0 saturated heterocycles. The lowest BCUT2D eigenvalue weighted by Gasteiger charge is -2.29. The Bertz CT molecular complexity index is 298. The molecule has 19 heavy (non-hydrogen) atoms. The van der Waals surface area contributed by atoms with Gasteiger partial charge in [-0.3, -0.25) is 4.79 Å². The predicted molar refractivity (Wildman–Crippen MR) is 58.0 cm³/mol. The highest BCUT2D eigenvalue weighted by Crippen LogP contribution is 2.43. The highest BCUT2D eigenvalue weighted by atomic mass is 32.2. The topological polar surface area (TPSA) is 17.1 Å². The Labute approximate surface area is 109 Å². The van der Waals surface area contributed by atoms with E-state index in [1.54, 1.807) is 0 Å². The van der Waals surface area contributed by atoms with Crippen LogP contribution in [-0.2, 0) is 4.79 Å². The first-order valence-electron chi connectivity index (χ1n) is 5.35. The van der Waals surface area contributed by atoms with Crippen molar-refractivity contribution >= 4 is 16.9 Å². The summed E-state index contributed by atoms with van der Waals surface area (Å²) >= 11 is 0.403. The third-order valence-corrected chi connectivity index (χ3v) is 3.29. The molecule has 0 rings (SSSR count). The smallest absolute Gasteiger partial charge is 0.287 e. The second-order valence-corrected chi connectivity index (χ2v) is 4.88. The molecule has 0 aromatic heterocycles. The van der Waals surface area contributed by atoms with Gasteiger partial charge in [-0.05, 0) is 0 Å². The van der Waals surface area contributed by atoms with Gasteiger partial charge in [0, 0.05) is 18.6 Å². The molecule has 1 nitrogen and oxygen atoms in total. The molecular weight excluding hydrogens is 301 g/mol. The Hall–Kier alpha value is -0.470. The minimum Gasteiger partial charge on any atom is -0.287 e. The van der Waals surface area contributed by atoms with Gasteiger partial charge in [-0.25, -0.2) is 13.2 Å². The lowest BCUT2D eigenvalue weighted by atomic mass is 10.0. The Morgan fingerprint density at radius 2 is 1.74 bits per heavy atom. The fourth-order valence-corrected chi connectivity index (χ4v) is 1.86. The van der Waals surface area contributed by atoms with Crippen molar-refractivity contribution in [1.29, 1.82) is 0 Å². The molecule has 0 aliphatic heterocycles. The van der Waals surface area contributed by atoms with Gasteiger partial charge in [0.2, 0.25) is 6.17 Å². The van der Waals surface area contributed by atoms with E-state index < -0.39 is 48.2 Å². The van der Waals surface area contributed by atoms with Crippen molar-refractivity contribution in [2.75, 3.05) is 12.4 Å². The lowest BCUT2D eigenvalue weighted by Crippen LogP contribution is -2.52. The average Bonchev–Trinajstić information content (AvgIpc) is 2.35. The highest BCUT2D eigenvalue weighted by molar-refractivity contribution is 8.13. The second-order valence-electron chi connectivity index (χ2n) is 3.72. The molecule has 0 aromatic carbocycles. The summed E-state index contributed by atoms with van der Waals surface area (Å²) in [6, 6.07) is 0. The maximum atomic E-state index is 13.1. The first-order valence-corrected chi connectivity index (χ1v) is 6.34. The van der Waals surface area contributed by atoms with E-state index in [2.05, 4.69) is 0 Å². The van der Waals surface area contributed by atoms with Gasteiger partial charge in [-0.1, -0.05) is 18.7 Å². The molecule has 2 unspecified atom stereocenters. The van der Waals surface area contributed by atoms with E-state index in [-0.39, 0.29) is 6.42 Å². The number of alkyl halides is 7. The Balaban J connectivity index is 4.63. The maximum Gasteiger partial charge on any atom is 0.343 e. The molecule has 2 atom stereocenters. The molecule has 0 heterocycles. The van der Waals surface area contributed by atoms with E-state index in [1.807, 2.05) is 0 Å². The molecule has 0 aromatic rings. The molecule has 0 aliphatic rings. The fraction of sp³-hybridized carbons (Fsp3) is 0.900. The van der Waals surface area contributed by atoms with Crippen molar-refractivity contribution < 1.29 is 35.5 Å². The molecule has 0 amide bonds. The minimum atomic E-state index is -5.33. The van der Waals surface area contributed by atoms with E-state index in [4.69, 9.17) is 0 Å². The summed E-state index contributed by atoms with van der Waals surface area (Å²) in [5, 5.41) is -0.483. The number of thioether (sulfide) groups is 1. The normalized spacial score (nSPS) is 16.2. The van der Waals surface area contributed by atoms with Crippen molar-refractivity contribution in [3.8, 4) is 0 Å². The molecule has 0 spiro atoms. The average molecular weight is 314 g/mol. The molecule has 0 aliphatic carbocycles. The monoisotopic (exact) mass is 314 g/mol. The van der Waals surface area contributed by atoms with Crippen LogP contribution in [0.3, 0.4) is 0 Å². The predicted octanol–water partition coefficient (Wildman–Crippen LogP) is 3.96. The quantitative estimate of drug-likeness (QED) is 0.631. The van der Waals surface area contributed by atoms with Gasteiger partial charge in [-0.15, -0.1) is 0 Å². The van der Waals surface area contributed by atoms with E-state index in [9.17, 15) is 35.5 Å². The van der Waals surface area contributed by atoms with E-state index in [1.165, 1.54) is 6.92 Å². The van der Waals surface area contributed by atoms with Gasteiger partial charge in [0.05, 0.1) is 0 Å². The highest BCUT2D eigenvalue weighted by Gasteiger charge is 2.63. The van der Waals surface area contributed by atoms with Crippen molar-refractivity contribution in [2.45, 2.75) is 44.0 Å². The molecule has 0 bridgehead atoms. The van der Waals surface area contributed by atoms with Gasteiger partial charge in [0.1, 0.15) is 6.67 Å².